The first-order chi connectivity index (χ1) is 12.6. The third-order valence-electron chi connectivity index (χ3n) is 3.87. The van der Waals surface area contributed by atoms with Gasteiger partial charge >= 0.3 is 0 Å². The van der Waals surface area contributed by atoms with Crippen molar-refractivity contribution < 1.29 is 14.7 Å². The molecule has 1 aliphatic rings. The van der Waals surface area contributed by atoms with Crippen LogP contribution >= 0.6 is 23.6 Å². The molecule has 0 spiro atoms. The van der Waals surface area contributed by atoms with Gasteiger partial charge in [0.05, 0.1) is 10.9 Å². The lowest BCUT2D eigenvalue weighted by molar-refractivity contribution is -0.112. The molecule has 1 aliphatic heterocycles. The summed E-state index contributed by atoms with van der Waals surface area (Å²) in [5.74, 6) is -1.16. The second kappa shape index (κ2) is 6.32. The third kappa shape index (κ3) is 2.65. The Hall–Kier alpha value is -3.10. The highest BCUT2D eigenvalue weighted by Gasteiger charge is 2.25. The minimum absolute atomic E-state index is 0.214. The van der Waals surface area contributed by atoms with Gasteiger partial charge in [0.2, 0.25) is 5.88 Å². The van der Waals surface area contributed by atoms with Crippen LogP contribution in [0.15, 0.2) is 59.6 Å². The standard InChI is InChI=1S/C18H11N3O3S2/c22-15(10-6-2-1-3-7-10)20-21-17(24)14(26-18(21)25)13-11-8-4-5-9-12(11)19-16(13)23/h1-9,24H,(H,20,22). The molecule has 128 valence electrons. The molecule has 0 fully saturated rings. The number of aromatic hydroxyl groups is 1. The number of aromatic nitrogens is 1. The molecule has 0 radical (unpaired) electrons. The van der Waals surface area contributed by atoms with Crippen molar-refractivity contribution in [3.05, 3.63) is 79.6 Å². The Morgan fingerprint density at radius 3 is 2.58 bits per heavy atom. The number of amides is 2. The van der Waals surface area contributed by atoms with Crippen molar-refractivity contribution in [1.82, 2.24) is 4.68 Å². The van der Waals surface area contributed by atoms with Gasteiger partial charge in [0, 0.05) is 10.8 Å². The van der Waals surface area contributed by atoms with Crippen LogP contribution in [0.1, 0.15) is 15.2 Å². The lowest BCUT2D eigenvalue weighted by atomic mass is 10.1. The SMILES string of the molecule is O=C1N=c2ccccc2=C1c1sc(=S)n(NC(=O)c2ccccc2)c1O. The van der Waals surface area contributed by atoms with E-state index < -0.39 is 11.8 Å². The van der Waals surface area contributed by atoms with Gasteiger partial charge in [-0.05, 0) is 30.4 Å². The van der Waals surface area contributed by atoms with E-state index in [1.165, 1.54) is 0 Å². The average molecular weight is 381 g/mol. The van der Waals surface area contributed by atoms with Crippen molar-refractivity contribution in [1.29, 1.82) is 0 Å². The van der Waals surface area contributed by atoms with Crippen LogP contribution < -0.4 is 16.0 Å². The summed E-state index contributed by atoms with van der Waals surface area (Å²) >= 11 is 6.29. The van der Waals surface area contributed by atoms with E-state index in [2.05, 4.69) is 10.4 Å². The number of rotatable bonds is 3. The van der Waals surface area contributed by atoms with Crippen LogP contribution in [0.4, 0.5) is 0 Å². The molecule has 0 saturated heterocycles. The van der Waals surface area contributed by atoms with Crippen molar-refractivity contribution in [3.8, 4) is 5.88 Å². The van der Waals surface area contributed by atoms with E-state index in [0.29, 0.717) is 16.1 Å². The number of fused-ring (bicyclic) bond motifs is 1. The van der Waals surface area contributed by atoms with Crippen LogP contribution in [0.25, 0.3) is 5.57 Å². The molecule has 3 aromatic rings. The number of hydrogen-bond acceptors (Lipinski definition) is 5. The van der Waals surface area contributed by atoms with Crippen LogP contribution in [0.3, 0.4) is 0 Å². The summed E-state index contributed by atoms with van der Waals surface area (Å²) in [4.78, 5) is 28.9. The van der Waals surface area contributed by atoms with E-state index in [-0.39, 0.29) is 20.3 Å². The Morgan fingerprint density at radius 1 is 1.12 bits per heavy atom. The molecule has 0 atom stereocenters. The van der Waals surface area contributed by atoms with E-state index in [0.717, 1.165) is 16.0 Å². The van der Waals surface area contributed by atoms with Gasteiger partial charge in [-0.1, -0.05) is 47.7 Å². The largest absolute Gasteiger partial charge is 0.492 e. The molecule has 2 N–H and O–H groups in total. The van der Waals surface area contributed by atoms with E-state index in [1.807, 2.05) is 0 Å². The quantitative estimate of drug-likeness (QED) is 0.677. The number of carbonyl (C=O) groups is 2. The van der Waals surface area contributed by atoms with Crippen LogP contribution in [0.2, 0.25) is 0 Å². The zero-order valence-electron chi connectivity index (χ0n) is 13.2. The Kier molecular flexibility index (Phi) is 3.98. The van der Waals surface area contributed by atoms with Crippen molar-refractivity contribution in [2.24, 2.45) is 4.99 Å². The summed E-state index contributed by atoms with van der Waals surface area (Å²) in [6, 6.07) is 15.6. The van der Waals surface area contributed by atoms with Gasteiger partial charge in [-0.2, -0.15) is 4.68 Å². The minimum atomic E-state index is -0.445. The van der Waals surface area contributed by atoms with Crippen LogP contribution in [0.5, 0.6) is 5.88 Å². The fourth-order valence-corrected chi connectivity index (χ4v) is 3.93. The summed E-state index contributed by atoms with van der Waals surface area (Å²) in [7, 11) is 0. The van der Waals surface area contributed by atoms with Crippen molar-refractivity contribution in [2.75, 3.05) is 5.43 Å². The Labute approximate surface area is 156 Å². The predicted molar refractivity (Wildman–Crippen MR) is 99.7 cm³/mol. The Balaban J connectivity index is 1.80. The first kappa shape index (κ1) is 16.4. The molecular formula is C18H11N3O3S2. The maximum atomic E-state index is 12.3. The van der Waals surface area contributed by atoms with Crippen molar-refractivity contribution >= 4 is 40.9 Å². The molecule has 1 aromatic heterocycles. The van der Waals surface area contributed by atoms with Gasteiger partial charge in [0.25, 0.3) is 11.8 Å². The maximum Gasteiger partial charge on any atom is 0.279 e. The number of thiazole rings is 1. The number of hydrogen-bond donors (Lipinski definition) is 2. The molecule has 26 heavy (non-hydrogen) atoms. The molecule has 0 saturated carbocycles. The number of carbonyl (C=O) groups excluding carboxylic acids is 2. The highest BCUT2D eigenvalue weighted by molar-refractivity contribution is 7.73. The van der Waals surface area contributed by atoms with Gasteiger partial charge in [-0.3, -0.25) is 15.0 Å². The van der Waals surface area contributed by atoms with Crippen molar-refractivity contribution in [2.45, 2.75) is 0 Å². The van der Waals surface area contributed by atoms with E-state index in [9.17, 15) is 14.7 Å². The second-order valence-corrected chi connectivity index (χ2v) is 7.12. The smallest absolute Gasteiger partial charge is 0.279 e. The summed E-state index contributed by atoms with van der Waals surface area (Å²) < 4.78 is 1.32. The summed E-state index contributed by atoms with van der Waals surface area (Å²) in [5, 5.41) is 11.8. The summed E-state index contributed by atoms with van der Waals surface area (Å²) in [6.45, 7) is 0. The van der Waals surface area contributed by atoms with Gasteiger partial charge in [0.15, 0.2) is 3.95 Å². The van der Waals surface area contributed by atoms with E-state index in [4.69, 9.17) is 12.2 Å². The molecule has 2 aromatic carbocycles. The Morgan fingerprint density at radius 2 is 1.81 bits per heavy atom. The fraction of sp³-hybridized carbons (Fsp3) is 0. The zero-order valence-corrected chi connectivity index (χ0v) is 14.8. The number of benzene rings is 2. The number of nitrogens with one attached hydrogen (secondary N) is 1. The normalized spacial score (nSPS) is 12.6. The number of nitrogens with zero attached hydrogens (tertiary/aromatic N) is 2. The third-order valence-corrected chi connectivity index (χ3v) is 5.25. The second-order valence-electron chi connectivity index (χ2n) is 5.47. The molecular weight excluding hydrogens is 370 g/mol. The molecule has 2 amide bonds. The van der Waals surface area contributed by atoms with Crippen LogP contribution in [-0.4, -0.2) is 21.6 Å². The molecule has 4 rings (SSSR count). The lowest BCUT2D eigenvalue weighted by Crippen LogP contribution is -2.23. The van der Waals surface area contributed by atoms with Gasteiger partial charge in [-0.25, -0.2) is 4.99 Å². The molecule has 0 unspecified atom stereocenters. The molecule has 0 bridgehead atoms. The summed E-state index contributed by atoms with van der Waals surface area (Å²) in [6.07, 6.45) is 0. The highest BCUT2D eigenvalue weighted by atomic mass is 32.1. The molecule has 0 aliphatic carbocycles. The number of para-hydroxylation sites is 1. The fourth-order valence-electron chi connectivity index (χ4n) is 2.67. The Bertz CT molecular complexity index is 1230. The maximum absolute atomic E-state index is 12.3. The highest BCUT2D eigenvalue weighted by Crippen LogP contribution is 2.31. The van der Waals surface area contributed by atoms with E-state index in [1.54, 1.807) is 54.6 Å². The van der Waals surface area contributed by atoms with Crippen LogP contribution in [0, 0.1) is 3.95 Å². The zero-order chi connectivity index (χ0) is 18.3. The van der Waals surface area contributed by atoms with Gasteiger partial charge in [-0.15, -0.1) is 0 Å². The molecule has 6 nitrogen and oxygen atoms in total. The van der Waals surface area contributed by atoms with Gasteiger partial charge < -0.3 is 5.11 Å². The lowest BCUT2D eigenvalue weighted by Gasteiger charge is -2.07. The first-order valence-corrected chi connectivity index (χ1v) is 8.83. The van der Waals surface area contributed by atoms with Gasteiger partial charge in [0.1, 0.15) is 4.88 Å². The van der Waals surface area contributed by atoms with Crippen molar-refractivity contribution in [3.63, 3.8) is 0 Å². The molecule has 8 heteroatoms. The summed E-state index contributed by atoms with van der Waals surface area (Å²) in [5.41, 5.74) is 3.26. The average Bonchev–Trinajstić information content (AvgIpc) is 3.12. The van der Waals surface area contributed by atoms with E-state index >= 15 is 0 Å². The minimum Gasteiger partial charge on any atom is -0.492 e. The molecule has 2 heterocycles. The monoisotopic (exact) mass is 381 g/mol. The first-order valence-electron chi connectivity index (χ1n) is 7.60. The predicted octanol–water partition coefficient (Wildman–Crippen LogP) is 1.73. The topological polar surface area (TPSA) is 83.7 Å². The van der Waals surface area contributed by atoms with Crippen LogP contribution in [-0.2, 0) is 4.79 Å².